The van der Waals surface area contributed by atoms with E-state index in [0.717, 1.165) is 8.95 Å². The summed E-state index contributed by atoms with van der Waals surface area (Å²) in [5.74, 6) is 0. The third kappa shape index (κ3) is 3.44. The number of hydrogen-bond donors (Lipinski definition) is 0. The van der Waals surface area contributed by atoms with Gasteiger partial charge in [-0.1, -0.05) is 92.5 Å². The van der Waals surface area contributed by atoms with Gasteiger partial charge in [-0.3, -0.25) is 0 Å². The second-order valence-corrected chi connectivity index (χ2v) is 12.1. The van der Waals surface area contributed by atoms with Crippen molar-refractivity contribution in [3.8, 4) is 0 Å². The Labute approximate surface area is 178 Å². The fourth-order valence-corrected chi connectivity index (χ4v) is 10.3. The third-order valence-electron chi connectivity index (χ3n) is 4.86. The molecule has 4 rings (SSSR count). The lowest BCUT2D eigenvalue weighted by Crippen LogP contribution is -2.68. The average molecular weight is 493 g/mol. The maximum atomic E-state index is 3.71. The number of benzene rings is 3. The van der Waals surface area contributed by atoms with Crippen molar-refractivity contribution in [1.29, 1.82) is 0 Å². The minimum absolute atomic E-state index is 1.08. The van der Waals surface area contributed by atoms with E-state index in [0.29, 0.717) is 0 Å². The first-order chi connectivity index (χ1) is 13.2. The minimum Gasteiger partial charge on any atom is -0.0623 e. The molecule has 1 aliphatic carbocycles. The predicted octanol–water partition coefficient (Wildman–Crippen LogP) is 5.08. The molecule has 0 aromatic heterocycles. The largest absolute Gasteiger partial charge is 0.212 e. The fraction of sp³-hybridized carbons (Fsp3) is 0. The quantitative estimate of drug-likeness (QED) is 0.271. The Kier molecular flexibility index (Phi) is 5.37. The summed E-state index contributed by atoms with van der Waals surface area (Å²) < 4.78 is 2.16. The Morgan fingerprint density at radius 1 is 0.667 bits per heavy atom. The highest BCUT2D eigenvalue weighted by molar-refractivity contribution is 9.11. The van der Waals surface area contributed by atoms with Gasteiger partial charge in [-0.25, -0.2) is 0 Å². The van der Waals surface area contributed by atoms with Crippen LogP contribution in [0.3, 0.4) is 0 Å². The van der Waals surface area contributed by atoms with E-state index < -0.39 is 8.07 Å². The zero-order chi connectivity index (χ0) is 18.7. The van der Waals surface area contributed by atoms with E-state index >= 15 is 0 Å². The van der Waals surface area contributed by atoms with E-state index in [1.54, 1.807) is 0 Å². The summed E-state index contributed by atoms with van der Waals surface area (Å²) in [6, 6.07) is 28.4. The maximum absolute atomic E-state index is 3.71. The Morgan fingerprint density at radius 2 is 1.22 bits per heavy atom. The monoisotopic (exact) mass is 491 g/mol. The van der Waals surface area contributed by atoms with Gasteiger partial charge in [0.1, 0.15) is 12.2 Å². The molecule has 0 aliphatic heterocycles. The molecule has 0 saturated carbocycles. The van der Waals surface area contributed by atoms with Crippen LogP contribution in [0.2, 0.25) is 0 Å². The van der Waals surface area contributed by atoms with Crippen LogP contribution in [0.5, 0.6) is 0 Å². The number of allylic oxidation sites excluding steroid dienone is 6. The van der Waals surface area contributed by atoms with Crippen LogP contribution in [0.15, 0.2) is 117 Å². The van der Waals surface area contributed by atoms with Crippen LogP contribution in [-0.2, 0) is 0 Å². The molecule has 0 heterocycles. The van der Waals surface area contributed by atoms with Gasteiger partial charge in [0.25, 0.3) is 0 Å². The van der Waals surface area contributed by atoms with Crippen LogP contribution in [0.1, 0.15) is 0 Å². The predicted molar refractivity (Wildman–Crippen MR) is 124 cm³/mol. The molecular weight excluding hydrogens is 476 g/mol. The van der Waals surface area contributed by atoms with Gasteiger partial charge in [0.2, 0.25) is 8.07 Å². The van der Waals surface area contributed by atoms with Crippen molar-refractivity contribution < 1.29 is 0 Å². The fourth-order valence-electron chi connectivity index (χ4n) is 3.78. The molecule has 0 fully saturated rings. The third-order valence-corrected chi connectivity index (χ3v) is 10.5. The molecule has 0 bridgehead atoms. The van der Waals surface area contributed by atoms with E-state index in [9.17, 15) is 0 Å². The zero-order valence-corrected chi connectivity index (χ0v) is 18.7. The molecular formula is C24H17Br2Si+. The molecule has 130 valence electrons. The number of halogens is 2. The van der Waals surface area contributed by atoms with Gasteiger partial charge in [0, 0.05) is 27.2 Å². The molecule has 0 unspecified atom stereocenters. The van der Waals surface area contributed by atoms with Gasteiger partial charge in [0.05, 0.1) is 5.20 Å². The van der Waals surface area contributed by atoms with Crippen LogP contribution in [0.4, 0.5) is 0 Å². The van der Waals surface area contributed by atoms with E-state index in [1.165, 1.54) is 20.8 Å². The van der Waals surface area contributed by atoms with Crippen LogP contribution in [-0.4, -0.2) is 8.07 Å². The van der Waals surface area contributed by atoms with Gasteiger partial charge in [-0.2, -0.15) is 0 Å². The Morgan fingerprint density at radius 3 is 1.70 bits per heavy atom. The topological polar surface area (TPSA) is 0 Å². The van der Waals surface area contributed by atoms with Gasteiger partial charge in [-0.15, -0.1) is 0 Å². The summed E-state index contributed by atoms with van der Waals surface area (Å²) in [4.78, 5) is 0. The lowest BCUT2D eigenvalue weighted by molar-refractivity contribution is 1.59. The van der Waals surface area contributed by atoms with Crippen molar-refractivity contribution in [3.63, 3.8) is 0 Å². The van der Waals surface area contributed by atoms with Gasteiger partial charge < -0.3 is 0 Å². The van der Waals surface area contributed by atoms with E-state index in [-0.39, 0.29) is 0 Å². The maximum Gasteiger partial charge on any atom is 0.212 e. The first-order valence-electron chi connectivity index (χ1n) is 8.75. The molecule has 0 spiro atoms. The van der Waals surface area contributed by atoms with E-state index in [2.05, 4.69) is 129 Å². The molecule has 0 nitrogen and oxygen atoms in total. The zero-order valence-electron chi connectivity index (χ0n) is 14.6. The Bertz CT molecular complexity index is 975. The van der Waals surface area contributed by atoms with Gasteiger partial charge in [0.15, 0.2) is 0 Å². The van der Waals surface area contributed by atoms with Crippen molar-refractivity contribution in [2.75, 3.05) is 0 Å². The second-order valence-electron chi connectivity index (χ2n) is 6.43. The lowest BCUT2D eigenvalue weighted by Gasteiger charge is -2.32. The molecule has 3 heteroatoms. The number of hydrogen-bond acceptors (Lipinski definition) is 0. The minimum atomic E-state index is -2.44. The SMILES string of the molecule is Brc1cc(Br)cc([Si](C2=CC=[C+]C=C2)(c2ccccc2)c2ccccc2)c1. The first-order valence-corrected chi connectivity index (χ1v) is 12.3. The summed E-state index contributed by atoms with van der Waals surface area (Å²) in [7, 11) is -2.44. The summed E-state index contributed by atoms with van der Waals surface area (Å²) in [5, 5.41) is 5.43. The van der Waals surface area contributed by atoms with Crippen LogP contribution >= 0.6 is 31.9 Å². The molecule has 0 atom stereocenters. The summed E-state index contributed by atoms with van der Waals surface area (Å²) in [5.41, 5.74) is 0. The molecule has 0 saturated heterocycles. The normalized spacial score (nSPS) is 13.2. The summed E-state index contributed by atoms with van der Waals surface area (Å²) >= 11 is 7.42. The molecule has 27 heavy (non-hydrogen) atoms. The molecule has 3 aromatic rings. The van der Waals surface area contributed by atoms with Crippen molar-refractivity contribution in [2.45, 2.75) is 0 Å². The molecule has 0 radical (unpaired) electrons. The molecule has 3 aromatic carbocycles. The van der Waals surface area contributed by atoms with Crippen molar-refractivity contribution >= 4 is 55.5 Å². The average Bonchev–Trinajstić information content (AvgIpc) is 2.70. The van der Waals surface area contributed by atoms with Gasteiger partial charge in [-0.05, 0) is 33.8 Å². The van der Waals surface area contributed by atoms with E-state index in [1.807, 2.05) is 12.2 Å². The first kappa shape index (κ1) is 18.3. The lowest BCUT2D eigenvalue weighted by atomic mass is 10.3. The summed E-state index contributed by atoms with van der Waals surface area (Å²) in [6.07, 6.45) is 11.7. The van der Waals surface area contributed by atoms with E-state index in [4.69, 9.17) is 0 Å². The van der Waals surface area contributed by atoms with Crippen molar-refractivity contribution in [3.05, 3.63) is 123 Å². The van der Waals surface area contributed by atoms with Crippen LogP contribution < -0.4 is 15.6 Å². The van der Waals surface area contributed by atoms with Crippen molar-refractivity contribution in [2.24, 2.45) is 0 Å². The summed E-state index contributed by atoms with van der Waals surface area (Å²) in [6.45, 7) is 0. The smallest absolute Gasteiger partial charge is 0.0623 e. The Hall–Kier alpha value is -2.03. The highest BCUT2D eigenvalue weighted by atomic mass is 79.9. The van der Waals surface area contributed by atoms with Crippen LogP contribution in [0, 0.1) is 6.08 Å². The highest BCUT2D eigenvalue weighted by Crippen LogP contribution is 2.24. The van der Waals surface area contributed by atoms with Gasteiger partial charge >= 0.3 is 0 Å². The van der Waals surface area contributed by atoms with Crippen LogP contribution in [0.25, 0.3) is 0 Å². The molecule has 1 aliphatic rings. The standard InChI is InChI=1S/C24H17Br2Si/c25-19-16-20(26)18-24(17-19)27(21-10-4-1-5-11-21,22-12-6-2-7-13-22)23-14-8-3-9-15-23/h1-2,4-18H/q+1. The Balaban J connectivity index is 2.14. The highest BCUT2D eigenvalue weighted by Gasteiger charge is 2.45. The number of rotatable bonds is 4. The molecule has 0 N–H and O–H groups in total. The second kappa shape index (κ2) is 7.91. The van der Waals surface area contributed by atoms with Crippen molar-refractivity contribution in [1.82, 2.24) is 0 Å². The molecule has 0 amide bonds.